The zero-order valence-corrected chi connectivity index (χ0v) is 11.9. The Kier molecular flexibility index (Phi) is 4.10. The number of fused-ring (bicyclic) bond motifs is 1. The molecule has 0 fully saturated rings. The minimum Gasteiger partial charge on any atom is -0.308 e. The van der Waals surface area contributed by atoms with E-state index in [-0.39, 0.29) is 5.82 Å². The first kappa shape index (κ1) is 13.9. The van der Waals surface area contributed by atoms with Crippen LogP contribution in [0.4, 0.5) is 10.2 Å². The third-order valence-corrected chi connectivity index (χ3v) is 3.89. The second-order valence-corrected chi connectivity index (χ2v) is 5.42. The molecule has 0 unspecified atom stereocenters. The smallest absolute Gasteiger partial charge is 0.147 e. The fraction of sp³-hybridized carbons (Fsp3) is 0.375. The van der Waals surface area contributed by atoms with Crippen LogP contribution in [-0.2, 0) is 19.3 Å². The van der Waals surface area contributed by atoms with Gasteiger partial charge >= 0.3 is 0 Å². The molecule has 21 heavy (non-hydrogen) atoms. The van der Waals surface area contributed by atoms with Gasteiger partial charge in [-0.2, -0.15) is 0 Å². The molecular formula is C16H19FN4. The van der Waals surface area contributed by atoms with Gasteiger partial charge in [0, 0.05) is 17.7 Å². The molecule has 1 heterocycles. The number of hydrogen-bond donors (Lipinski definition) is 2. The van der Waals surface area contributed by atoms with E-state index < -0.39 is 0 Å². The number of hydrazine groups is 1. The van der Waals surface area contributed by atoms with E-state index in [2.05, 4.69) is 10.4 Å². The van der Waals surface area contributed by atoms with E-state index in [1.54, 1.807) is 12.1 Å². The Morgan fingerprint density at radius 1 is 1.05 bits per heavy atom. The van der Waals surface area contributed by atoms with Crippen LogP contribution in [0.5, 0.6) is 0 Å². The van der Waals surface area contributed by atoms with Crippen LogP contribution < -0.4 is 11.3 Å². The van der Waals surface area contributed by atoms with E-state index in [0.717, 1.165) is 54.1 Å². The summed E-state index contributed by atoms with van der Waals surface area (Å²) in [6.45, 7) is 0. The third kappa shape index (κ3) is 3.19. The highest BCUT2D eigenvalue weighted by Gasteiger charge is 2.16. The third-order valence-electron chi connectivity index (χ3n) is 3.89. The van der Waals surface area contributed by atoms with Crippen molar-refractivity contribution in [3.63, 3.8) is 0 Å². The molecule has 110 valence electrons. The number of benzene rings is 1. The van der Waals surface area contributed by atoms with Crippen LogP contribution in [0.2, 0.25) is 0 Å². The predicted molar refractivity (Wildman–Crippen MR) is 80.3 cm³/mol. The molecule has 4 nitrogen and oxygen atoms in total. The molecule has 5 heteroatoms. The molecule has 0 atom stereocenters. The summed E-state index contributed by atoms with van der Waals surface area (Å²) in [4.78, 5) is 9.22. The number of hydrogen-bond acceptors (Lipinski definition) is 4. The van der Waals surface area contributed by atoms with E-state index in [4.69, 9.17) is 10.8 Å². The standard InChI is InChI=1S/C16H19FN4/c17-12-8-6-11(7-9-12)10-15-19-14-5-3-1-2-4-13(14)16(20-15)21-18/h6-9H,1-5,10,18H2,(H,19,20,21). The largest absolute Gasteiger partial charge is 0.308 e. The summed E-state index contributed by atoms with van der Waals surface area (Å²) in [5.41, 5.74) is 5.96. The van der Waals surface area contributed by atoms with E-state index in [1.165, 1.54) is 18.6 Å². The lowest BCUT2D eigenvalue weighted by Gasteiger charge is -2.12. The van der Waals surface area contributed by atoms with Gasteiger partial charge in [-0.3, -0.25) is 0 Å². The number of nitrogens with one attached hydrogen (secondary N) is 1. The summed E-state index contributed by atoms with van der Waals surface area (Å²) in [6.07, 6.45) is 6.07. The van der Waals surface area contributed by atoms with Crippen molar-refractivity contribution in [1.82, 2.24) is 9.97 Å². The van der Waals surface area contributed by atoms with Gasteiger partial charge in [0.2, 0.25) is 0 Å². The summed E-state index contributed by atoms with van der Waals surface area (Å²) < 4.78 is 13.0. The molecule has 3 rings (SSSR count). The van der Waals surface area contributed by atoms with Gasteiger partial charge in [-0.25, -0.2) is 20.2 Å². The molecule has 1 aromatic carbocycles. The van der Waals surface area contributed by atoms with Crippen LogP contribution in [0.3, 0.4) is 0 Å². The van der Waals surface area contributed by atoms with Gasteiger partial charge < -0.3 is 5.43 Å². The summed E-state index contributed by atoms with van der Waals surface area (Å²) in [5, 5.41) is 0. The van der Waals surface area contributed by atoms with Crippen molar-refractivity contribution in [2.24, 2.45) is 5.84 Å². The van der Waals surface area contributed by atoms with E-state index in [0.29, 0.717) is 6.42 Å². The molecule has 1 aromatic heterocycles. The second kappa shape index (κ2) is 6.18. The molecular weight excluding hydrogens is 267 g/mol. The van der Waals surface area contributed by atoms with Gasteiger partial charge in [-0.05, 0) is 43.4 Å². The lowest BCUT2D eigenvalue weighted by Crippen LogP contribution is -2.15. The maximum Gasteiger partial charge on any atom is 0.147 e. The zero-order valence-electron chi connectivity index (χ0n) is 11.9. The Hall–Kier alpha value is -2.01. The minimum atomic E-state index is -0.231. The average Bonchev–Trinajstić information content (AvgIpc) is 2.74. The van der Waals surface area contributed by atoms with Crippen molar-refractivity contribution < 1.29 is 4.39 Å². The van der Waals surface area contributed by atoms with Gasteiger partial charge in [-0.15, -0.1) is 0 Å². The molecule has 0 bridgehead atoms. The van der Waals surface area contributed by atoms with Crippen molar-refractivity contribution >= 4 is 5.82 Å². The van der Waals surface area contributed by atoms with Gasteiger partial charge in [0.05, 0.1) is 0 Å². The van der Waals surface area contributed by atoms with Crippen LogP contribution in [0, 0.1) is 5.82 Å². The van der Waals surface area contributed by atoms with Crippen molar-refractivity contribution in [2.45, 2.75) is 38.5 Å². The van der Waals surface area contributed by atoms with Crippen molar-refractivity contribution in [3.05, 3.63) is 52.7 Å². The average molecular weight is 286 g/mol. The van der Waals surface area contributed by atoms with Gasteiger partial charge in [0.15, 0.2) is 0 Å². The zero-order chi connectivity index (χ0) is 14.7. The molecule has 1 aliphatic carbocycles. The highest BCUT2D eigenvalue weighted by atomic mass is 19.1. The lowest BCUT2D eigenvalue weighted by atomic mass is 10.1. The fourth-order valence-electron chi connectivity index (χ4n) is 2.81. The first-order valence-corrected chi connectivity index (χ1v) is 7.36. The van der Waals surface area contributed by atoms with Crippen molar-refractivity contribution in [3.8, 4) is 0 Å². The SMILES string of the molecule is NNc1nc(Cc2ccc(F)cc2)nc2c1CCCCC2. The quantitative estimate of drug-likeness (QED) is 0.517. The topological polar surface area (TPSA) is 63.8 Å². The van der Waals surface area contributed by atoms with Gasteiger partial charge in [0.25, 0.3) is 0 Å². The molecule has 1 aliphatic rings. The molecule has 0 amide bonds. The highest BCUT2D eigenvalue weighted by Crippen LogP contribution is 2.25. The molecule has 0 aliphatic heterocycles. The Morgan fingerprint density at radius 2 is 1.81 bits per heavy atom. The summed E-state index contributed by atoms with van der Waals surface area (Å²) in [6, 6.07) is 6.45. The first-order valence-electron chi connectivity index (χ1n) is 7.36. The van der Waals surface area contributed by atoms with Crippen LogP contribution in [0.25, 0.3) is 0 Å². The van der Waals surface area contributed by atoms with Crippen molar-refractivity contribution in [2.75, 3.05) is 5.43 Å². The number of aryl methyl sites for hydroxylation is 1. The molecule has 0 saturated carbocycles. The Morgan fingerprint density at radius 3 is 2.57 bits per heavy atom. The van der Waals surface area contributed by atoms with Gasteiger partial charge in [-0.1, -0.05) is 18.6 Å². The first-order chi connectivity index (χ1) is 10.3. The monoisotopic (exact) mass is 286 g/mol. The van der Waals surface area contributed by atoms with E-state index in [1.807, 2.05) is 0 Å². The fourth-order valence-corrected chi connectivity index (χ4v) is 2.81. The maximum atomic E-state index is 13.0. The number of rotatable bonds is 3. The summed E-state index contributed by atoms with van der Waals surface area (Å²) in [5.74, 6) is 6.85. The normalized spacial score (nSPS) is 14.4. The number of halogens is 1. The van der Waals surface area contributed by atoms with Gasteiger partial charge in [0.1, 0.15) is 17.5 Å². The minimum absolute atomic E-state index is 0.231. The van der Waals surface area contributed by atoms with Crippen LogP contribution >= 0.6 is 0 Å². The summed E-state index contributed by atoms with van der Waals surface area (Å²) in [7, 11) is 0. The van der Waals surface area contributed by atoms with Crippen LogP contribution in [-0.4, -0.2) is 9.97 Å². The lowest BCUT2D eigenvalue weighted by molar-refractivity contribution is 0.627. The molecule has 0 spiro atoms. The van der Waals surface area contributed by atoms with Crippen molar-refractivity contribution in [1.29, 1.82) is 0 Å². The van der Waals surface area contributed by atoms with Crippen LogP contribution in [0.1, 0.15) is 41.9 Å². The number of anilines is 1. The molecule has 0 radical (unpaired) electrons. The Balaban J connectivity index is 1.92. The maximum absolute atomic E-state index is 13.0. The van der Waals surface area contributed by atoms with E-state index in [9.17, 15) is 4.39 Å². The highest BCUT2D eigenvalue weighted by molar-refractivity contribution is 5.46. The molecule has 3 N–H and O–H groups in total. The van der Waals surface area contributed by atoms with Crippen LogP contribution in [0.15, 0.2) is 24.3 Å². The second-order valence-electron chi connectivity index (χ2n) is 5.42. The number of nitrogens with two attached hydrogens (primary N) is 1. The predicted octanol–water partition coefficient (Wildman–Crippen LogP) is 2.76. The Bertz CT molecular complexity index is 625. The number of nitrogens with zero attached hydrogens (tertiary/aromatic N) is 2. The summed E-state index contributed by atoms with van der Waals surface area (Å²) >= 11 is 0. The number of aromatic nitrogens is 2. The molecule has 2 aromatic rings. The molecule has 0 saturated heterocycles. The Labute approximate surface area is 123 Å². The number of nitrogen functional groups attached to an aromatic ring is 1. The van der Waals surface area contributed by atoms with E-state index >= 15 is 0 Å².